The normalized spacial score (nSPS) is 18.1. The summed E-state index contributed by atoms with van der Waals surface area (Å²) in [7, 11) is 0. The summed E-state index contributed by atoms with van der Waals surface area (Å²) in [5, 5.41) is 4.81. The Morgan fingerprint density at radius 3 is 2.38 bits per heavy atom. The van der Waals surface area contributed by atoms with Crippen LogP contribution in [0.4, 0.5) is 4.39 Å². The highest BCUT2D eigenvalue weighted by Gasteiger charge is 2.40. The van der Waals surface area contributed by atoms with Gasteiger partial charge in [0.1, 0.15) is 17.6 Å². The van der Waals surface area contributed by atoms with Gasteiger partial charge in [0, 0.05) is 46.2 Å². The Hall–Kier alpha value is -3.22. The zero-order valence-electron chi connectivity index (χ0n) is 20.9. The summed E-state index contributed by atoms with van der Waals surface area (Å²) in [6.07, 6.45) is 1.12. The number of nitrogens with zero attached hydrogens (tertiary/aromatic N) is 3. The van der Waals surface area contributed by atoms with Crippen LogP contribution in [0, 0.1) is 5.82 Å². The molecular formula is C28H25BrFN4O4S-. The molecule has 4 aromatic rings. The van der Waals surface area contributed by atoms with Gasteiger partial charge in [-0.25, -0.2) is 13.8 Å². The lowest BCUT2D eigenvalue weighted by molar-refractivity contribution is -0.130. The standard InChI is InChI=1S/C28H26BrFN4O4S/c1-18-27(35)33(15-14-19-2-4-20(5-3-19)16-31-39(36)37)28(38-18)25-17-34(24-12-8-22(29)9-13-24)32-26(25)21-6-10-23(30)11-7-21/h2-13,17-18,28,31H,14-16H2,1H3,(H,36,37)/p-1/t18-,28+/m1/s1. The third kappa shape index (κ3) is 6.34. The summed E-state index contributed by atoms with van der Waals surface area (Å²) < 4.78 is 46.4. The Morgan fingerprint density at radius 2 is 1.72 bits per heavy atom. The number of carbonyl (C=O) groups is 1. The monoisotopic (exact) mass is 611 g/mol. The molecule has 1 amide bonds. The lowest BCUT2D eigenvalue weighted by Crippen LogP contribution is -2.32. The number of halogens is 2. The Morgan fingerprint density at radius 1 is 1.05 bits per heavy atom. The van der Waals surface area contributed by atoms with Gasteiger partial charge in [-0.2, -0.15) is 5.10 Å². The minimum Gasteiger partial charge on any atom is -0.760 e. The van der Waals surface area contributed by atoms with Crippen LogP contribution in [0.3, 0.4) is 0 Å². The number of amides is 1. The van der Waals surface area contributed by atoms with Gasteiger partial charge >= 0.3 is 0 Å². The summed E-state index contributed by atoms with van der Waals surface area (Å²) in [6, 6.07) is 21.3. The number of nitrogens with one attached hydrogen (secondary N) is 1. The molecule has 39 heavy (non-hydrogen) atoms. The molecule has 11 heteroatoms. The minimum absolute atomic E-state index is 0.125. The van der Waals surface area contributed by atoms with Crippen molar-refractivity contribution in [2.45, 2.75) is 32.2 Å². The van der Waals surface area contributed by atoms with Crippen LogP contribution >= 0.6 is 15.9 Å². The molecule has 1 aliphatic heterocycles. The molecule has 202 valence electrons. The molecule has 5 rings (SSSR count). The maximum absolute atomic E-state index is 13.7. The summed E-state index contributed by atoms with van der Waals surface area (Å²) in [4.78, 5) is 14.9. The van der Waals surface area contributed by atoms with Gasteiger partial charge in [0.25, 0.3) is 5.91 Å². The molecule has 0 radical (unpaired) electrons. The minimum atomic E-state index is -2.32. The van der Waals surface area contributed by atoms with Crippen molar-refractivity contribution in [3.8, 4) is 16.9 Å². The summed E-state index contributed by atoms with van der Waals surface area (Å²) >= 11 is 1.13. The van der Waals surface area contributed by atoms with Crippen molar-refractivity contribution in [3.63, 3.8) is 0 Å². The van der Waals surface area contributed by atoms with E-state index in [2.05, 4.69) is 20.7 Å². The molecule has 1 aliphatic rings. The largest absolute Gasteiger partial charge is 0.760 e. The van der Waals surface area contributed by atoms with Crippen molar-refractivity contribution in [1.29, 1.82) is 0 Å². The van der Waals surface area contributed by atoms with Crippen LogP contribution in [-0.2, 0) is 33.8 Å². The van der Waals surface area contributed by atoms with Gasteiger partial charge in [0.15, 0.2) is 6.23 Å². The van der Waals surface area contributed by atoms with Crippen molar-refractivity contribution >= 4 is 33.1 Å². The second-order valence-electron chi connectivity index (χ2n) is 9.15. The fourth-order valence-corrected chi connectivity index (χ4v) is 5.03. The van der Waals surface area contributed by atoms with Crippen molar-refractivity contribution in [3.05, 3.63) is 106 Å². The molecular weight excluding hydrogens is 587 g/mol. The number of hydrogen-bond acceptors (Lipinski definition) is 5. The molecule has 1 saturated heterocycles. The van der Waals surface area contributed by atoms with E-state index in [1.807, 2.05) is 54.7 Å². The van der Waals surface area contributed by atoms with Crippen LogP contribution in [0.2, 0.25) is 0 Å². The smallest absolute Gasteiger partial charge is 0.253 e. The van der Waals surface area contributed by atoms with E-state index < -0.39 is 23.6 Å². The fourth-order valence-electron chi connectivity index (χ4n) is 4.48. The third-order valence-electron chi connectivity index (χ3n) is 6.52. The van der Waals surface area contributed by atoms with Gasteiger partial charge in [-0.05, 0) is 73.0 Å². The summed E-state index contributed by atoms with van der Waals surface area (Å²) in [6.45, 7) is 2.35. The average Bonchev–Trinajstić information content (AvgIpc) is 3.49. The average molecular weight is 613 g/mol. The molecule has 0 aliphatic carbocycles. The van der Waals surface area contributed by atoms with Gasteiger partial charge < -0.3 is 14.2 Å². The number of ether oxygens (including phenoxy) is 1. The topological polar surface area (TPSA) is 99.5 Å². The molecule has 1 fully saturated rings. The van der Waals surface area contributed by atoms with Crippen LogP contribution in [0.15, 0.2) is 83.5 Å². The van der Waals surface area contributed by atoms with Crippen LogP contribution in [0.25, 0.3) is 16.9 Å². The molecule has 1 N–H and O–H groups in total. The lowest BCUT2D eigenvalue weighted by atomic mass is 10.1. The van der Waals surface area contributed by atoms with E-state index in [4.69, 9.17) is 9.84 Å². The van der Waals surface area contributed by atoms with Crippen LogP contribution in [0.5, 0.6) is 0 Å². The van der Waals surface area contributed by atoms with Gasteiger partial charge in [-0.15, -0.1) is 0 Å². The van der Waals surface area contributed by atoms with E-state index in [0.29, 0.717) is 29.8 Å². The number of hydrogen-bond donors (Lipinski definition) is 1. The first-order valence-corrected chi connectivity index (χ1v) is 14.1. The predicted octanol–water partition coefficient (Wildman–Crippen LogP) is 4.81. The quantitative estimate of drug-likeness (QED) is 0.274. The number of benzene rings is 3. The molecule has 0 bridgehead atoms. The molecule has 2 heterocycles. The van der Waals surface area contributed by atoms with Gasteiger partial charge in [0.05, 0.1) is 5.69 Å². The summed E-state index contributed by atoms with van der Waals surface area (Å²) in [5.74, 6) is -0.474. The predicted molar refractivity (Wildman–Crippen MR) is 148 cm³/mol. The Balaban J connectivity index is 1.43. The SMILES string of the molecule is C[C@H]1O[C@@H](c2cn(-c3ccc(Br)cc3)nc2-c2ccc(F)cc2)N(CCc2ccc(CNS(=O)[O-])cc2)C1=O. The Kier molecular flexibility index (Phi) is 8.34. The molecule has 8 nitrogen and oxygen atoms in total. The first-order valence-electron chi connectivity index (χ1n) is 12.3. The fraction of sp³-hybridized carbons (Fsp3) is 0.214. The molecule has 0 saturated carbocycles. The second kappa shape index (κ2) is 11.9. The zero-order valence-corrected chi connectivity index (χ0v) is 23.3. The maximum atomic E-state index is 13.7. The second-order valence-corrected chi connectivity index (χ2v) is 10.8. The maximum Gasteiger partial charge on any atom is 0.253 e. The first kappa shape index (κ1) is 27.4. The molecule has 1 unspecified atom stereocenters. The lowest BCUT2D eigenvalue weighted by Gasteiger charge is -2.23. The Labute approximate surface area is 236 Å². The zero-order chi connectivity index (χ0) is 27.5. The van der Waals surface area contributed by atoms with Crippen LogP contribution in [-0.4, -0.2) is 42.0 Å². The highest BCUT2D eigenvalue weighted by Crippen LogP contribution is 2.37. The van der Waals surface area contributed by atoms with Crippen LogP contribution in [0.1, 0.15) is 29.8 Å². The van der Waals surface area contributed by atoms with Crippen molar-refractivity contribution in [2.75, 3.05) is 6.54 Å². The molecule has 3 atom stereocenters. The molecule has 0 spiro atoms. The highest BCUT2D eigenvalue weighted by molar-refractivity contribution is 9.10. The molecule has 1 aromatic heterocycles. The highest BCUT2D eigenvalue weighted by atomic mass is 79.9. The van der Waals surface area contributed by atoms with E-state index >= 15 is 0 Å². The van der Waals surface area contributed by atoms with E-state index in [1.54, 1.807) is 28.6 Å². The summed E-state index contributed by atoms with van der Waals surface area (Å²) in [5.41, 5.74) is 4.67. The first-order chi connectivity index (χ1) is 18.8. The van der Waals surface area contributed by atoms with Gasteiger partial charge in [0.2, 0.25) is 0 Å². The van der Waals surface area contributed by atoms with Gasteiger partial charge in [-0.3, -0.25) is 9.00 Å². The van der Waals surface area contributed by atoms with Gasteiger partial charge in [-0.1, -0.05) is 40.2 Å². The van der Waals surface area contributed by atoms with Crippen LogP contribution < -0.4 is 4.72 Å². The van der Waals surface area contributed by atoms with Crippen molar-refractivity contribution < 1.29 is 22.7 Å². The van der Waals surface area contributed by atoms with E-state index in [9.17, 15) is 17.9 Å². The molecule has 3 aromatic carbocycles. The van der Waals surface area contributed by atoms with E-state index in [-0.39, 0.29) is 18.3 Å². The van der Waals surface area contributed by atoms with E-state index in [0.717, 1.165) is 21.3 Å². The Bertz CT molecular complexity index is 1480. The van der Waals surface area contributed by atoms with Crippen molar-refractivity contribution in [1.82, 2.24) is 19.4 Å². The number of aromatic nitrogens is 2. The number of rotatable bonds is 9. The third-order valence-corrected chi connectivity index (χ3v) is 7.43. The van der Waals surface area contributed by atoms with E-state index in [1.165, 1.54) is 12.1 Å². The van der Waals surface area contributed by atoms with Crippen molar-refractivity contribution in [2.24, 2.45) is 0 Å². The number of carbonyl (C=O) groups excluding carboxylic acids is 1.